The summed E-state index contributed by atoms with van der Waals surface area (Å²) in [7, 11) is 0. The molecule has 0 saturated heterocycles. The summed E-state index contributed by atoms with van der Waals surface area (Å²) in [4.78, 5) is 4.31. The van der Waals surface area contributed by atoms with E-state index in [0.29, 0.717) is 6.54 Å². The highest BCUT2D eigenvalue weighted by atomic mass is 32.2. The van der Waals surface area contributed by atoms with E-state index in [4.69, 9.17) is 6.42 Å². The first kappa shape index (κ1) is 13.7. The number of hydrogen-bond acceptors (Lipinski definition) is 3. The first-order valence-corrected chi connectivity index (χ1v) is 7.00. The van der Waals surface area contributed by atoms with Gasteiger partial charge in [0, 0.05) is 5.75 Å². The number of hydrogen-bond donors (Lipinski definition) is 1. The molecule has 0 spiro atoms. The lowest BCUT2D eigenvalue weighted by Crippen LogP contribution is -2.03. The van der Waals surface area contributed by atoms with Crippen LogP contribution in [0.15, 0.2) is 35.6 Å². The quantitative estimate of drug-likeness (QED) is 0.671. The summed E-state index contributed by atoms with van der Waals surface area (Å²) in [5.41, 5.74) is 3.26. The minimum atomic E-state index is -0.0420. The van der Waals surface area contributed by atoms with Gasteiger partial charge in [-0.05, 0) is 12.5 Å². The molecule has 4 heteroatoms. The van der Waals surface area contributed by atoms with Gasteiger partial charge in [0.1, 0.15) is 0 Å². The van der Waals surface area contributed by atoms with Crippen LogP contribution in [-0.2, 0) is 18.9 Å². The number of benzene rings is 1. The van der Waals surface area contributed by atoms with Crippen molar-refractivity contribution >= 4 is 11.8 Å². The van der Waals surface area contributed by atoms with E-state index in [1.54, 1.807) is 18.0 Å². The van der Waals surface area contributed by atoms with Crippen molar-refractivity contribution in [3.05, 3.63) is 47.3 Å². The smallest absolute Gasteiger partial charge is 0.169 e. The van der Waals surface area contributed by atoms with Crippen LogP contribution < -0.4 is 0 Å². The standard InChI is InChI=1S/C15H16N2OS/c1-3-7-17-14(10-18)9-16-15(17)19-11-13-6-4-5-12(2)8-13/h1,4-6,8-9,18H,7,10-11H2,2H3. The zero-order valence-corrected chi connectivity index (χ0v) is 11.7. The molecule has 19 heavy (non-hydrogen) atoms. The van der Waals surface area contributed by atoms with Crippen molar-refractivity contribution in [2.75, 3.05) is 0 Å². The van der Waals surface area contributed by atoms with E-state index in [0.717, 1.165) is 16.6 Å². The molecule has 0 aliphatic heterocycles. The van der Waals surface area contributed by atoms with Crippen molar-refractivity contribution in [3.63, 3.8) is 0 Å². The minimum Gasteiger partial charge on any atom is -0.390 e. The highest BCUT2D eigenvalue weighted by Crippen LogP contribution is 2.23. The van der Waals surface area contributed by atoms with Gasteiger partial charge in [-0.15, -0.1) is 6.42 Å². The van der Waals surface area contributed by atoms with Crippen LogP contribution in [-0.4, -0.2) is 14.7 Å². The number of thioether (sulfide) groups is 1. The van der Waals surface area contributed by atoms with E-state index in [1.165, 1.54) is 11.1 Å². The number of aliphatic hydroxyl groups is 1. The van der Waals surface area contributed by atoms with Gasteiger partial charge in [0.2, 0.25) is 0 Å². The van der Waals surface area contributed by atoms with Crippen LogP contribution >= 0.6 is 11.8 Å². The van der Waals surface area contributed by atoms with E-state index in [9.17, 15) is 5.11 Å². The Morgan fingerprint density at radius 2 is 2.32 bits per heavy atom. The Morgan fingerprint density at radius 3 is 3.00 bits per heavy atom. The largest absolute Gasteiger partial charge is 0.390 e. The predicted octanol–water partition coefficient (Wildman–Crippen LogP) is 2.61. The summed E-state index contributed by atoms with van der Waals surface area (Å²) in [6, 6.07) is 8.39. The molecule has 2 aromatic rings. The molecule has 0 fully saturated rings. The third-order valence-electron chi connectivity index (χ3n) is 2.76. The summed E-state index contributed by atoms with van der Waals surface area (Å²) in [5, 5.41) is 10.1. The highest BCUT2D eigenvalue weighted by molar-refractivity contribution is 7.98. The van der Waals surface area contributed by atoms with Gasteiger partial charge in [-0.2, -0.15) is 0 Å². The fourth-order valence-corrected chi connectivity index (χ4v) is 2.78. The number of terminal acetylenes is 1. The lowest BCUT2D eigenvalue weighted by molar-refractivity contribution is 0.270. The number of nitrogens with zero attached hydrogens (tertiary/aromatic N) is 2. The van der Waals surface area contributed by atoms with E-state index < -0.39 is 0 Å². The Balaban J connectivity index is 2.11. The van der Waals surface area contributed by atoms with Gasteiger partial charge < -0.3 is 9.67 Å². The van der Waals surface area contributed by atoms with Crippen LogP contribution in [0.5, 0.6) is 0 Å². The molecule has 3 nitrogen and oxygen atoms in total. The van der Waals surface area contributed by atoms with E-state index in [2.05, 4.69) is 42.1 Å². The average molecular weight is 272 g/mol. The minimum absolute atomic E-state index is 0.0420. The zero-order valence-electron chi connectivity index (χ0n) is 10.8. The van der Waals surface area contributed by atoms with Gasteiger partial charge in [0.15, 0.2) is 5.16 Å². The van der Waals surface area contributed by atoms with Gasteiger partial charge in [0.05, 0.1) is 25.0 Å². The van der Waals surface area contributed by atoms with E-state index in [-0.39, 0.29) is 6.61 Å². The van der Waals surface area contributed by atoms with Crippen LogP contribution in [0.4, 0.5) is 0 Å². The monoisotopic (exact) mass is 272 g/mol. The molecule has 1 aromatic carbocycles. The van der Waals surface area contributed by atoms with Crippen LogP contribution in [0.2, 0.25) is 0 Å². The highest BCUT2D eigenvalue weighted by Gasteiger charge is 2.09. The number of aryl methyl sites for hydroxylation is 1. The molecule has 0 saturated carbocycles. The van der Waals surface area contributed by atoms with Crippen LogP contribution in [0.3, 0.4) is 0 Å². The van der Waals surface area contributed by atoms with Gasteiger partial charge >= 0.3 is 0 Å². The molecule has 98 valence electrons. The van der Waals surface area contributed by atoms with Crippen LogP contribution in [0.25, 0.3) is 0 Å². The summed E-state index contributed by atoms with van der Waals surface area (Å²) < 4.78 is 1.88. The predicted molar refractivity (Wildman–Crippen MR) is 77.7 cm³/mol. The summed E-state index contributed by atoms with van der Waals surface area (Å²) in [6.45, 7) is 2.48. The second-order valence-electron chi connectivity index (χ2n) is 4.26. The van der Waals surface area contributed by atoms with Gasteiger partial charge in [-0.25, -0.2) is 4.98 Å². The number of rotatable bonds is 5. The van der Waals surface area contributed by atoms with E-state index >= 15 is 0 Å². The molecule has 0 aliphatic carbocycles. The molecule has 0 atom stereocenters. The van der Waals surface area contributed by atoms with Crippen molar-refractivity contribution < 1.29 is 5.11 Å². The second kappa shape index (κ2) is 6.46. The molecule has 0 amide bonds. The SMILES string of the molecule is C#CCn1c(CO)cnc1SCc1cccc(C)c1. The Bertz CT molecular complexity index is 598. The molecule has 2 rings (SSSR count). The first-order valence-electron chi connectivity index (χ1n) is 6.01. The molecule has 1 N–H and O–H groups in total. The number of aliphatic hydroxyl groups excluding tert-OH is 1. The molecule has 1 aromatic heterocycles. The van der Waals surface area contributed by atoms with Crippen molar-refractivity contribution in [3.8, 4) is 12.3 Å². The number of imidazole rings is 1. The van der Waals surface area contributed by atoms with E-state index in [1.807, 2.05) is 4.57 Å². The molecule has 0 bridgehead atoms. The summed E-state index contributed by atoms with van der Waals surface area (Å²) >= 11 is 1.63. The van der Waals surface area contributed by atoms with Gasteiger partial charge in [-0.3, -0.25) is 0 Å². The molecule has 1 heterocycles. The number of aromatic nitrogens is 2. The lowest BCUT2D eigenvalue weighted by atomic mass is 10.2. The Morgan fingerprint density at radius 1 is 1.47 bits per heavy atom. The van der Waals surface area contributed by atoms with Crippen LogP contribution in [0.1, 0.15) is 16.8 Å². The molecule has 0 unspecified atom stereocenters. The fraction of sp³-hybridized carbons (Fsp3) is 0.267. The lowest BCUT2D eigenvalue weighted by Gasteiger charge is -2.07. The first-order chi connectivity index (χ1) is 9.24. The maximum Gasteiger partial charge on any atom is 0.169 e. The van der Waals surface area contributed by atoms with Crippen LogP contribution in [0, 0.1) is 19.3 Å². The topological polar surface area (TPSA) is 38.0 Å². The second-order valence-corrected chi connectivity index (χ2v) is 5.20. The molecule has 0 aliphatic rings. The van der Waals surface area contributed by atoms with Crippen molar-refractivity contribution in [2.45, 2.75) is 31.0 Å². The fourth-order valence-electron chi connectivity index (χ4n) is 1.84. The molecular weight excluding hydrogens is 256 g/mol. The molecule has 0 radical (unpaired) electrons. The maximum absolute atomic E-state index is 9.24. The van der Waals surface area contributed by atoms with Crippen molar-refractivity contribution in [1.29, 1.82) is 0 Å². The van der Waals surface area contributed by atoms with Gasteiger partial charge in [-0.1, -0.05) is 47.5 Å². The summed E-state index contributed by atoms with van der Waals surface area (Å²) in [5.74, 6) is 3.43. The Hall–Kier alpha value is -1.70. The van der Waals surface area contributed by atoms with Crippen molar-refractivity contribution in [2.24, 2.45) is 0 Å². The maximum atomic E-state index is 9.24. The average Bonchev–Trinajstić information content (AvgIpc) is 2.79. The normalized spacial score (nSPS) is 10.4. The third-order valence-corrected chi connectivity index (χ3v) is 3.83. The third kappa shape index (κ3) is 3.40. The summed E-state index contributed by atoms with van der Waals surface area (Å²) in [6.07, 6.45) is 7.03. The van der Waals surface area contributed by atoms with Gasteiger partial charge in [0.25, 0.3) is 0 Å². The zero-order chi connectivity index (χ0) is 13.7. The molecular formula is C15H16N2OS. The Labute approximate surface area is 117 Å². The Kier molecular flexibility index (Phi) is 4.67. The van der Waals surface area contributed by atoms with Crippen molar-refractivity contribution in [1.82, 2.24) is 9.55 Å².